The second-order valence-electron chi connectivity index (χ2n) is 8.27. The number of nitrogens with zero attached hydrogens (tertiary/aromatic N) is 4. The minimum atomic E-state index is -4.44. The van der Waals surface area contributed by atoms with Gasteiger partial charge in [-0.3, -0.25) is 9.69 Å². The molecule has 1 aliphatic heterocycles. The molecule has 3 aromatic rings. The highest BCUT2D eigenvalue weighted by molar-refractivity contribution is 5.81. The van der Waals surface area contributed by atoms with E-state index in [1.54, 1.807) is 11.8 Å². The number of hydrogen-bond acceptors (Lipinski definition) is 6. The molecular weight excluding hydrogens is 449 g/mol. The maximum atomic E-state index is 13.0. The normalized spacial score (nSPS) is 15.9. The second kappa shape index (κ2) is 9.84. The van der Waals surface area contributed by atoms with Gasteiger partial charge in [-0.2, -0.15) is 18.2 Å². The van der Waals surface area contributed by atoms with Crippen LogP contribution in [0.5, 0.6) is 5.75 Å². The Balaban J connectivity index is 1.30. The summed E-state index contributed by atoms with van der Waals surface area (Å²) in [4.78, 5) is 20.8. The van der Waals surface area contributed by atoms with Crippen LogP contribution in [0.25, 0.3) is 11.4 Å². The lowest BCUT2D eigenvalue weighted by molar-refractivity contribution is -0.140. The van der Waals surface area contributed by atoms with Gasteiger partial charge in [0.15, 0.2) is 6.10 Å². The van der Waals surface area contributed by atoms with Crippen LogP contribution in [-0.4, -0.2) is 58.1 Å². The molecule has 2 heterocycles. The Morgan fingerprint density at radius 1 is 1.12 bits per heavy atom. The molecule has 1 fully saturated rings. The molecule has 0 bridgehead atoms. The van der Waals surface area contributed by atoms with Crippen molar-refractivity contribution < 1.29 is 27.2 Å². The number of halogens is 3. The lowest BCUT2D eigenvalue weighted by Gasteiger charge is -2.35. The number of aromatic nitrogens is 2. The number of carbonyl (C=O) groups is 1. The Bertz CT molecular complexity index is 1140. The average molecular weight is 474 g/mol. The highest BCUT2D eigenvalue weighted by Crippen LogP contribution is 2.31. The Kier molecular flexibility index (Phi) is 6.87. The highest BCUT2D eigenvalue weighted by atomic mass is 19.4. The first kappa shape index (κ1) is 23.7. The fraction of sp³-hybridized carbons (Fsp3) is 0.375. The van der Waals surface area contributed by atoms with Crippen molar-refractivity contribution in [3.63, 3.8) is 0 Å². The van der Waals surface area contributed by atoms with Gasteiger partial charge in [-0.05, 0) is 43.7 Å². The third-order valence-electron chi connectivity index (χ3n) is 5.61. The van der Waals surface area contributed by atoms with E-state index in [2.05, 4.69) is 15.0 Å². The fourth-order valence-electron chi connectivity index (χ4n) is 3.79. The third-order valence-corrected chi connectivity index (χ3v) is 5.61. The Labute approximate surface area is 195 Å². The monoisotopic (exact) mass is 474 g/mol. The van der Waals surface area contributed by atoms with E-state index in [0.29, 0.717) is 44.4 Å². The van der Waals surface area contributed by atoms with E-state index in [1.807, 2.05) is 31.2 Å². The molecule has 0 spiro atoms. The molecule has 7 nitrogen and oxygen atoms in total. The van der Waals surface area contributed by atoms with E-state index in [-0.39, 0.29) is 17.3 Å². The molecule has 1 amide bonds. The summed E-state index contributed by atoms with van der Waals surface area (Å²) in [5, 5.41) is 3.83. The molecule has 1 aromatic heterocycles. The molecule has 0 saturated carbocycles. The van der Waals surface area contributed by atoms with Gasteiger partial charge in [-0.15, -0.1) is 0 Å². The van der Waals surface area contributed by atoms with Gasteiger partial charge in [0.1, 0.15) is 5.75 Å². The van der Waals surface area contributed by atoms with E-state index in [1.165, 1.54) is 12.1 Å². The smallest absolute Gasteiger partial charge is 0.416 e. The summed E-state index contributed by atoms with van der Waals surface area (Å²) >= 11 is 0. The largest absolute Gasteiger partial charge is 0.481 e. The molecule has 0 radical (unpaired) electrons. The van der Waals surface area contributed by atoms with Crippen LogP contribution < -0.4 is 4.74 Å². The number of aryl methyl sites for hydroxylation is 1. The first-order valence-electron chi connectivity index (χ1n) is 10.9. The number of benzene rings is 2. The van der Waals surface area contributed by atoms with E-state index >= 15 is 0 Å². The molecule has 180 valence electrons. The van der Waals surface area contributed by atoms with Crippen LogP contribution in [0.1, 0.15) is 23.9 Å². The van der Waals surface area contributed by atoms with Crippen molar-refractivity contribution in [2.75, 3.05) is 26.2 Å². The summed E-state index contributed by atoms with van der Waals surface area (Å²) in [6.45, 7) is 6.30. The van der Waals surface area contributed by atoms with Crippen LogP contribution in [-0.2, 0) is 17.5 Å². The molecule has 1 aliphatic rings. The van der Waals surface area contributed by atoms with Gasteiger partial charge >= 0.3 is 6.18 Å². The molecule has 2 aromatic carbocycles. The van der Waals surface area contributed by atoms with Crippen LogP contribution >= 0.6 is 0 Å². The van der Waals surface area contributed by atoms with Crippen LogP contribution in [0.15, 0.2) is 53.1 Å². The third kappa shape index (κ3) is 5.74. The predicted octanol–water partition coefficient (Wildman–Crippen LogP) is 4.18. The van der Waals surface area contributed by atoms with Crippen molar-refractivity contribution in [2.45, 2.75) is 32.7 Å². The van der Waals surface area contributed by atoms with Crippen molar-refractivity contribution in [3.05, 3.63) is 65.5 Å². The molecule has 1 atom stereocenters. The van der Waals surface area contributed by atoms with Gasteiger partial charge in [0, 0.05) is 31.7 Å². The van der Waals surface area contributed by atoms with Crippen molar-refractivity contribution in [2.24, 2.45) is 0 Å². The molecule has 1 unspecified atom stereocenters. The van der Waals surface area contributed by atoms with Gasteiger partial charge in [-0.1, -0.05) is 29.4 Å². The van der Waals surface area contributed by atoms with Gasteiger partial charge in [0.2, 0.25) is 11.7 Å². The number of amides is 1. The summed E-state index contributed by atoms with van der Waals surface area (Å²) in [5.74, 6) is 0.999. The first-order valence-corrected chi connectivity index (χ1v) is 10.9. The number of ether oxygens (including phenoxy) is 1. The van der Waals surface area contributed by atoms with Crippen molar-refractivity contribution in [1.29, 1.82) is 0 Å². The average Bonchev–Trinajstić information content (AvgIpc) is 3.27. The number of hydrogen-bond donors (Lipinski definition) is 0. The van der Waals surface area contributed by atoms with Gasteiger partial charge in [-0.25, -0.2) is 0 Å². The quantitative estimate of drug-likeness (QED) is 0.534. The number of rotatable bonds is 6. The summed E-state index contributed by atoms with van der Waals surface area (Å²) < 4.78 is 49.9. The second-order valence-corrected chi connectivity index (χ2v) is 8.27. The lowest BCUT2D eigenvalue weighted by Crippen LogP contribution is -2.51. The maximum absolute atomic E-state index is 13.0. The maximum Gasteiger partial charge on any atom is 0.416 e. The molecule has 0 aliphatic carbocycles. The minimum Gasteiger partial charge on any atom is -0.481 e. The Hall–Kier alpha value is -3.40. The highest BCUT2D eigenvalue weighted by Gasteiger charge is 2.31. The summed E-state index contributed by atoms with van der Waals surface area (Å²) in [7, 11) is 0. The van der Waals surface area contributed by atoms with E-state index in [9.17, 15) is 18.0 Å². The van der Waals surface area contributed by atoms with Crippen molar-refractivity contribution >= 4 is 5.91 Å². The number of carbonyl (C=O) groups excluding carboxylic acids is 1. The van der Waals surface area contributed by atoms with Crippen LogP contribution in [0.2, 0.25) is 0 Å². The zero-order valence-electron chi connectivity index (χ0n) is 18.9. The predicted molar refractivity (Wildman–Crippen MR) is 118 cm³/mol. The first-order chi connectivity index (χ1) is 16.2. The Morgan fingerprint density at radius 3 is 2.56 bits per heavy atom. The molecule has 10 heteroatoms. The summed E-state index contributed by atoms with van der Waals surface area (Å²) in [6, 6.07) is 12.4. The lowest BCUT2D eigenvalue weighted by atomic mass is 10.1. The Morgan fingerprint density at radius 2 is 1.85 bits per heavy atom. The molecule has 1 saturated heterocycles. The van der Waals surface area contributed by atoms with Crippen molar-refractivity contribution in [3.8, 4) is 17.1 Å². The topological polar surface area (TPSA) is 71.7 Å². The van der Waals surface area contributed by atoms with Crippen molar-refractivity contribution in [1.82, 2.24) is 19.9 Å². The van der Waals surface area contributed by atoms with Gasteiger partial charge < -0.3 is 14.2 Å². The number of alkyl halides is 3. The van der Waals surface area contributed by atoms with E-state index in [0.717, 1.165) is 17.7 Å². The number of piperazine rings is 1. The molecule has 34 heavy (non-hydrogen) atoms. The fourth-order valence-corrected chi connectivity index (χ4v) is 3.79. The zero-order chi connectivity index (χ0) is 24.3. The van der Waals surface area contributed by atoms with Crippen LogP contribution in [0.4, 0.5) is 13.2 Å². The van der Waals surface area contributed by atoms with Gasteiger partial charge in [0.05, 0.1) is 12.1 Å². The van der Waals surface area contributed by atoms with E-state index in [4.69, 9.17) is 9.26 Å². The van der Waals surface area contributed by atoms with Gasteiger partial charge in [0.25, 0.3) is 5.91 Å². The van der Waals surface area contributed by atoms with E-state index < -0.39 is 17.8 Å². The van der Waals surface area contributed by atoms with Crippen LogP contribution in [0, 0.1) is 6.92 Å². The summed E-state index contributed by atoms with van der Waals surface area (Å²) in [6.07, 6.45) is -5.04. The zero-order valence-corrected chi connectivity index (χ0v) is 18.9. The standard InChI is InChI=1S/C24H25F3N4O3/c1-16-5-3-8-20(13-16)33-17(2)23(32)31-11-9-30(10-12-31)15-21-28-22(29-34-21)18-6-4-7-19(14-18)24(25,26)27/h3-8,13-14,17H,9-12,15H2,1-2H3. The summed E-state index contributed by atoms with van der Waals surface area (Å²) in [5.41, 5.74) is 0.531. The minimum absolute atomic E-state index is 0.0780. The SMILES string of the molecule is Cc1cccc(OC(C)C(=O)N2CCN(Cc3nc(-c4cccc(C(F)(F)F)c4)no3)CC2)c1. The molecular formula is C24H25F3N4O3. The van der Waals surface area contributed by atoms with Crippen LogP contribution in [0.3, 0.4) is 0 Å². The molecule has 0 N–H and O–H groups in total. The molecule has 4 rings (SSSR count).